The lowest BCUT2D eigenvalue weighted by molar-refractivity contribution is -0.141. The van der Waals surface area contributed by atoms with Gasteiger partial charge in [-0.05, 0) is 57.1 Å². The van der Waals surface area contributed by atoms with Crippen LogP contribution in [0.4, 0.5) is 0 Å². The van der Waals surface area contributed by atoms with Crippen molar-refractivity contribution in [1.82, 2.24) is 25.8 Å². The first-order valence-electron chi connectivity index (χ1n) is 15.0. The molecule has 4 atom stereocenters. The van der Waals surface area contributed by atoms with Crippen LogP contribution >= 0.6 is 0 Å². The van der Waals surface area contributed by atoms with Gasteiger partial charge in [0.05, 0.1) is 6.04 Å². The number of fused-ring (bicyclic) bond motifs is 1. The molecule has 41 heavy (non-hydrogen) atoms. The van der Waals surface area contributed by atoms with Gasteiger partial charge in [-0.2, -0.15) is 0 Å². The van der Waals surface area contributed by atoms with Gasteiger partial charge in [0.1, 0.15) is 11.7 Å². The third kappa shape index (κ3) is 6.47. The van der Waals surface area contributed by atoms with Crippen molar-refractivity contribution in [2.45, 2.75) is 83.3 Å². The number of ketones is 1. The van der Waals surface area contributed by atoms with Crippen molar-refractivity contribution in [3.05, 3.63) is 36.0 Å². The minimum atomic E-state index is -1.16. The lowest BCUT2D eigenvalue weighted by Crippen LogP contribution is -2.54. The van der Waals surface area contributed by atoms with Crippen LogP contribution in [0.3, 0.4) is 0 Å². The Labute approximate surface area is 240 Å². The van der Waals surface area contributed by atoms with E-state index in [1.165, 1.54) is 6.42 Å². The van der Waals surface area contributed by atoms with Crippen LogP contribution in [0.2, 0.25) is 0 Å². The monoisotopic (exact) mass is 563 g/mol. The van der Waals surface area contributed by atoms with Gasteiger partial charge in [0.2, 0.25) is 17.6 Å². The number of nitrogens with zero attached hydrogens (tertiary/aromatic N) is 1. The van der Waals surface area contributed by atoms with E-state index >= 15 is 0 Å². The van der Waals surface area contributed by atoms with Crippen LogP contribution in [0, 0.1) is 17.8 Å². The van der Waals surface area contributed by atoms with Crippen LogP contribution in [-0.2, 0) is 19.2 Å². The predicted molar refractivity (Wildman–Crippen MR) is 154 cm³/mol. The maximum absolute atomic E-state index is 13.9. The van der Waals surface area contributed by atoms with Gasteiger partial charge in [0.15, 0.2) is 0 Å². The quantitative estimate of drug-likeness (QED) is 0.347. The second-order valence-corrected chi connectivity index (χ2v) is 12.2. The fourth-order valence-corrected chi connectivity index (χ4v) is 6.78. The van der Waals surface area contributed by atoms with Gasteiger partial charge in [0.25, 0.3) is 11.8 Å². The molecule has 2 aromatic rings. The number of benzene rings is 1. The number of aromatic nitrogens is 1. The number of aromatic amines is 1. The summed E-state index contributed by atoms with van der Waals surface area (Å²) in [4.78, 5) is 70.8. The molecule has 10 heteroatoms. The Morgan fingerprint density at radius 2 is 1.76 bits per heavy atom. The molecule has 1 saturated carbocycles. The van der Waals surface area contributed by atoms with E-state index in [9.17, 15) is 24.0 Å². The number of carbonyl (C=O) groups excluding carboxylic acids is 5. The molecule has 1 aliphatic carbocycles. The Bertz CT molecular complexity index is 1280. The second-order valence-electron chi connectivity index (χ2n) is 12.2. The first-order chi connectivity index (χ1) is 19.7. The molecule has 10 nitrogen and oxygen atoms in total. The van der Waals surface area contributed by atoms with E-state index in [4.69, 9.17) is 0 Å². The number of rotatable bonds is 9. The molecule has 4 N–H and O–H groups in total. The summed E-state index contributed by atoms with van der Waals surface area (Å²) >= 11 is 0. The summed E-state index contributed by atoms with van der Waals surface area (Å²) in [5, 5.41) is 9.09. The summed E-state index contributed by atoms with van der Waals surface area (Å²) in [6.07, 6.45) is 6.76. The topological polar surface area (TPSA) is 140 Å². The number of amides is 4. The lowest BCUT2D eigenvalue weighted by Gasteiger charge is -2.27. The van der Waals surface area contributed by atoms with Gasteiger partial charge >= 0.3 is 0 Å². The molecule has 1 aromatic heterocycles. The Hall–Kier alpha value is -3.69. The Morgan fingerprint density at radius 3 is 2.44 bits per heavy atom. The molecule has 0 radical (unpaired) electrons. The third-order valence-corrected chi connectivity index (χ3v) is 8.93. The number of hydrogen-bond donors (Lipinski definition) is 4. The summed E-state index contributed by atoms with van der Waals surface area (Å²) in [7, 11) is 0. The average molecular weight is 564 g/mol. The standard InChI is InChI=1S/C31H41N5O5/c1-18(2)33-30(40)27(37)24(15-21-12-13-32-28(21)38)35-29(39)26-16-22(19-8-4-3-5-9-19)17-36(26)31(41)25-14-20-10-6-7-11-23(20)34-25/h6-7,10-11,14,18-19,21-22,24,26,34H,3-5,8-9,12-13,15-17H2,1-2H3,(H,32,38)(H,33,40)(H,35,39)/t21-,22+,24-,26-/m0/s1. The second kappa shape index (κ2) is 12.4. The molecule has 3 heterocycles. The van der Waals surface area contributed by atoms with Crippen molar-refractivity contribution in [1.29, 1.82) is 0 Å². The summed E-state index contributed by atoms with van der Waals surface area (Å²) in [5.74, 6) is -2.32. The zero-order valence-electron chi connectivity index (χ0n) is 23.9. The number of nitrogens with one attached hydrogen (secondary N) is 4. The van der Waals surface area contributed by atoms with Crippen LogP contribution in [0.5, 0.6) is 0 Å². The van der Waals surface area contributed by atoms with Gasteiger partial charge in [-0.1, -0.05) is 50.3 Å². The van der Waals surface area contributed by atoms with E-state index in [1.807, 2.05) is 30.3 Å². The summed E-state index contributed by atoms with van der Waals surface area (Å²) < 4.78 is 0. The molecule has 3 aliphatic rings. The van der Waals surface area contributed by atoms with Gasteiger partial charge in [-0.3, -0.25) is 24.0 Å². The van der Waals surface area contributed by atoms with E-state index in [2.05, 4.69) is 20.9 Å². The van der Waals surface area contributed by atoms with Crippen LogP contribution in [0.25, 0.3) is 10.9 Å². The Kier molecular flexibility index (Phi) is 8.75. The highest BCUT2D eigenvalue weighted by atomic mass is 16.2. The molecular weight excluding hydrogens is 522 g/mol. The summed E-state index contributed by atoms with van der Waals surface area (Å²) in [6.45, 7) is 4.46. The Balaban J connectivity index is 1.39. The van der Waals surface area contributed by atoms with E-state index in [1.54, 1.807) is 18.7 Å². The molecule has 5 rings (SSSR count). The van der Waals surface area contributed by atoms with Crippen LogP contribution < -0.4 is 16.0 Å². The zero-order chi connectivity index (χ0) is 29.1. The third-order valence-electron chi connectivity index (χ3n) is 8.93. The zero-order valence-corrected chi connectivity index (χ0v) is 23.9. The first-order valence-corrected chi connectivity index (χ1v) is 15.0. The first kappa shape index (κ1) is 28.8. The summed E-state index contributed by atoms with van der Waals surface area (Å²) in [5.41, 5.74) is 1.26. The SMILES string of the molecule is CC(C)NC(=O)C(=O)[C@H](C[C@@H]1CCNC1=O)NC(=O)[C@@H]1C[C@@H](C2CCCCC2)CN1C(=O)c1cc2ccccc2[nH]1. The van der Waals surface area contributed by atoms with Crippen LogP contribution in [0.15, 0.2) is 30.3 Å². The molecular formula is C31H41N5O5. The lowest BCUT2D eigenvalue weighted by atomic mass is 9.79. The van der Waals surface area contributed by atoms with E-state index < -0.39 is 35.6 Å². The molecule has 220 valence electrons. The van der Waals surface area contributed by atoms with Crippen molar-refractivity contribution < 1.29 is 24.0 Å². The number of carbonyl (C=O) groups is 5. The van der Waals surface area contributed by atoms with Crippen molar-refractivity contribution in [2.75, 3.05) is 13.1 Å². The molecule has 1 aromatic carbocycles. The highest BCUT2D eigenvalue weighted by Gasteiger charge is 2.44. The number of H-pyrrole nitrogens is 1. The number of likely N-dealkylation sites (tertiary alicyclic amines) is 1. The maximum Gasteiger partial charge on any atom is 0.289 e. The normalized spacial score (nSPS) is 23.9. The minimum Gasteiger partial charge on any atom is -0.356 e. The predicted octanol–water partition coefficient (Wildman–Crippen LogP) is 2.68. The van der Waals surface area contributed by atoms with Crippen molar-refractivity contribution in [2.24, 2.45) is 17.8 Å². The fourth-order valence-electron chi connectivity index (χ4n) is 6.78. The molecule has 0 unspecified atom stereocenters. The van der Waals surface area contributed by atoms with Crippen molar-refractivity contribution >= 4 is 40.3 Å². The molecule has 2 saturated heterocycles. The number of Topliss-reactive ketones (excluding diaryl/α,β-unsaturated/α-hetero) is 1. The fraction of sp³-hybridized carbons (Fsp3) is 0.581. The molecule has 2 aliphatic heterocycles. The van der Waals surface area contributed by atoms with E-state index in [-0.39, 0.29) is 30.2 Å². The summed E-state index contributed by atoms with van der Waals surface area (Å²) in [6, 6.07) is 7.26. The highest BCUT2D eigenvalue weighted by molar-refractivity contribution is 6.38. The molecule has 4 amide bonds. The van der Waals surface area contributed by atoms with E-state index in [0.717, 1.165) is 36.6 Å². The number of para-hydroxylation sites is 1. The average Bonchev–Trinajstić information content (AvgIpc) is 3.70. The highest BCUT2D eigenvalue weighted by Crippen LogP contribution is 2.38. The molecule has 0 bridgehead atoms. The minimum absolute atomic E-state index is 0.0384. The van der Waals surface area contributed by atoms with Crippen molar-refractivity contribution in [3.8, 4) is 0 Å². The molecule has 3 fully saturated rings. The smallest absolute Gasteiger partial charge is 0.289 e. The Morgan fingerprint density at radius 1 is 1.00 bits per heavy atom. The van der Waals surface area contributed by atoms with E-state index in [0.29, 0.717) is 37.5 Å². The maximum atomic E-state index is 13.9. The number of hydrogen-bond acceptors (Lipinski definition) is 5. The van der Waals surface area contributed by atoms with Gasteiger partial charge < -0.3 is 25.8 Å². The largest absolute Gasteiger partial charge is 0.356 e. The van der Waals surface area contributed by atoms with Crippen molar-refractivity contribution in [3.63, 3.8) is 0 Å². The van der Waals surface area contributed by atoms with Gasteiger partial charge in [-0.25, -0.2) is 0 Å². The van der Waals surface area contributed by atoms with Gasteiger partial charge in [0, 0.05) is 36.0 Å². The van der Waals surface area contributed by atoms with Gasteiger partial charge in [-0.15, -0.1) is 0 Å². The van der Waals surface area contributed by atoms with Crippen LogP contribution in [0.1, 0.15) is 75.7 Å². The molecule has 0 spiro atoms. The van der Waals surface area contributed by atoms with Crippen LogP contribution in [-0.4, -0.2) is 70.5 Å².